The second kappa shape index (κ2) is 7.10. The number of ether oxygens (including phenoxy) is 2. The molecule has 0 aromatic heterocycles. The van der Waals surface area contributed by atoms with Gasteiger partial charge in [0.2, 0.25) is 0 Å². The maximum Gasteiger partial charge on any atom is 0.320 e. The fraction of sp³-hybridized carbons (Fsp3) is 0.462. The van der Waals surface area contributed by atoms with Crippen molar-refractivity contribution in [1.82, 2.24) is 0 Å². The molecule has 100 valence electrons. The van der Waals surface area contributed by atoms with Crippen molar-refractivity contribution in [2.45, 2.75) is 25.2 Å². The van der Waals surface area contributed by atoms with Crippen LogP contribution in [-0.2, 0) is 27.1 Å². The number of hydrogen-bond acceptors (Lipinski definition) is 4. The summed E-state index contributed by atoms with van der Waals surface area (Å²) in [6.45, 7) is 0. The third-order valence-corrected chi connectivity index (χ3v) is 2.72. The molecule has 0 heterocycles. The molecular formula is C13H19NO4. The molecule has 0 spiro atoms. The molecule has 3 N–H and O–H groups in total. The van der Waals surface area contributed by atoms with Gasteiger partial charge in [-0.15, -0.1) is 0 Å². The van der Waals surface area contributed by atoms with Gasteiger partial charge in [-0.05, 0) is 17.5 Å². The Hall–Kier alpha value is -1.43. The van der Waals surface area contributed by atoms with E-state index in [9.17, 15) is 4.79 Å². The van der Waals surface area contributed by atoms with Crippen LogP contribution in [0, 0.1) is 0 Å². The zero-order valence-electron chi connectivity index (χ0n) is 10.6. The van der Waals surface area contributed by atoms with Gasteiger partial charge in [0.1, 0.15) is 6.04 Å². The first-order valence-electron chi connectivity index (χ1n) is 5.68. The van der Waals surface area contributed by atoms with E-state index in [-0.39, 0.29) is 6.29 Å². The Bertz CT molecular complexity index is 373. The molecular weight excluding hydrogens is 234 g/mol. The minimum atomic E-state index is -0.988. The molecule has 0 aliphatic carbocycles. The van der Waals surface area contributed by atoms with Crippen molar-refractivity contribution in [3.05, 3.63) is 35.4 Å². The molecule has 0 fully saturated rings. The summed E-state index contributed by atoms with van der Waals surface area (Å²) in [6, 6.07) is 6.74. The monoisotopic (exact) mass is 253 g/mol. The fourth-order valence-corrected chi connectivity index (χ4v) is 1.61. The Morgan fingerprint density at radius 1 is 1.17 bits per heavy atom. The summed E-state index contributed by atoms with van der Waals surface area (Å²) >= 11 is 0. The molecule has 0 saturated carbocycles. The van der Waals surface area contributed by atoms with Gasteiger partial charge in [0.25, 0.3) is 0 Å². The third kappa shape index (κ3) is 4.44. The van der Waals surface area contributed by atoms with Gasteiger partial charge in [-0.25, -0.2) is 0 Å². The van der Waals surface area contributed by atoms with Crippen molar-refractivity contribution in [1.29, 1.82) is 0 Å². The Morgan fingerprint density at radius 2 is 1.61 bits per heavy atom. The van der Waals surface area contributed by atoms with Crippen LogP contribution in [0.2, 0.25) is 0 Å². The van der Waals surface area contributed by atoms with Crippen LogP contribution >= 0.6 is 0 Å². The Morgan fingerprint density at radius 3 is 2.00 bits per heavy atom. The molecule has 0 bridgehead atoms. The van der Waals surface area contributed by atoms with E-state index < -0.39 is 12.0 Å². The van der Waals surface area contributed by atoms with Crippen molar-refractivity contribution in [3.8, 4) is 0 Å². The van der Waals surface area contributed by atoms with Gasteiger partial charge in [-0.2, -0.15) is 0 Å². The molecule has 5 nitrogen and oxygen atoms in total. The van der Waals surface area contributed by atoms with Crippen molar-refractivity contribution < 1.29 is 19.4 Å². The molecule has 1 atom stereocenters. The summed E-state index contributed by atoms with van der Waals surface area (Å²) in [5.74, 6) is -0.988. The molecule has 1 aromatic carbocycles. The lowest BCUT2D eigenvalue weighted by atomic mass is 10.0. The second-order valence-electron chi connectivity index (χ2n) is 4.07. The summed E-state index contributed by atoms with van der Waals surface area (Å²) in [6.07, 6.45) is 0.711. The van der Waals surface area contributed by atoms with E-state index in [1.165, 1.54) is 0 Å². The summed E-state index contributed by atoms with van der Waals surface area (Å²) in [4.78, 5) is 10.6. The highest BCUT2D eigenvalue weighted by Gasteiger charge is 2.12. The summed E-state index contributed by atoms with van der Waals surface area (Å²) in [7, 11) is 3.18. The molecule has 1 unspecified atom stereocenters. The quantitative estimate of drug-likeness (QED) is 0.702. The smallest absolute Gasteiger partial charge is 0.320 e. The zero-order valence-corrected chi connectivity index (χ0v) is 10.6. The maximum absolute atomic E-state index is 10.6. The summed E-state index contributed by atoms with van der Waals surface area (Å²) < 4.78 is 10.2. The Balaban J connectivity index is 2.59. The highest BCUT2D eigenvalue weighted by molar-refractivity contribution is 5.73. The lowest BCUT2D eigenvalue weighted by Crippen LogP contribution is -2.32. The number of methoxy groups -OCH3 is 2. The van der Waals surface area contributed by atoms with Crippen LogP contribution in [-0.4, -0.2) is 37.6 Å². The van der Waals surface area contributed by atoms with Gasteiger partial charge in [0.15, 0.2) is 6.29 Å². The number of carboxylic acids is 1. The van der Waals surface area contributed by atoms with E-state index in [0.717, 1.165) is 11.1 Å². The van der Waals surface area contributed by atoms with Crippen molar-refractivity contribution in [2.24, 2.45) is 5.73 Å². The number of aliphatic carboxylic acids is 1. The standard InChI is InChI=1S/C13H19NO4/c1-17-12(18-2)8-10-5-3-9(4-6-10)7-11(14)13(15)16/h3-6,11-12H,7-8,14H2,1-2H3,(H,15,16). The topological polar surface area (TPSA) is 81.8 Å². The van der Waals surface area contributed by atoms with E-state index in [4.69, 9.17) is 20.3 Å². The number of carboxylic acid groups (broad SMARTS) is 1. The molecule has 0 aliphatic rings. The van der Waals surface area contributed by atoms with Crippen LogP contribution in [0.3, 0.4) is 0 Å². The number of nitrogens with two attached hydrogens (primary N) is 1. The number of benzene rings is 1. The predicted molar refractivity (Wildman–Crippen MR) is 67.3 cm³/mol. The molecule has 0 aliphatic heterocycles. The first kappa shape index (κ1) is 14.6. The zero-order chi connectivity index (χ0) is 13.5. The van der Waals surface area contributed by atoms with E-state index in [0.29, 0.717) is 12.8 Å². The van der Waals surface area contributed by atoms with Gasteiger partial charge in [0, 0.05) is 20.6 Å². The fourth-order valence-electron chi connectivity index (χ4n) is 1.61. The first-order chi connectivity index (χ1) is 8.56. The number of carbonyl (C=O) groups is 1. The van der Waals surface area contributed by atoms with E-state index in [1.807, 2.05) is 24.3 Å². The Labute approximate surface area is 107 Å². The van der Waals surface area contributed by atoms with Crippen molar-refractivity contribution >= 4 is 5.97 Å². The molecule has 1 aromatic rings. The number of hydrogen-bond donors (Lipinski definition) is 2. The summed E-state index contributed by atoms with van der Waals surface area (Å²) in [5, 5.41) is 8.72. The van der Waals surface area contributed by atoms with Gasteiger partial charge >= 0.3 is 5.97 Å². The predicted octanol–water partition coefficient (Wildman–Crippen LogP) is 0.802. The normalized spacial score (nSPS) is 12.7. The third-order valence-electron chi connectivity index (χ3n) is 2.72. The van der Waals surface area contributed by atoms with Crippen molar-refractivity contribution in [3.63, 3.8) is 0 Å². The van der Waals surface area contributed by atoms with Gasteiger partial charge < -0.3 is 20.3 Å². The van der Waals surface area contributed by atoms with Crippen LogP contribution in [0.1, 0.15) is 11.1 Å². The molecule has 0 amide bonds. The van der Waals surface area contributed by atoms with Crippen LogP contribution in [0.15, 0.2) is 24.3 Å². The second-order valence-corrected chi connectivity index (χ2v) is 4.07. The molecule has 1 rings (SSSR count). The minimum absolute atomic E-state index is 0.267. The lowest BCUT2D eigenvalue weighted by molar-refractivity contribution is -0.138. The SMILES string of the molecule is COC(Cc1ccc(CC(N)C(=O)O)cc1)OC. The highest BCUT2D eigenvalue weighted by atomic mass is 16.7. The largest absolute Gasteiger partial charge is 0.480 e. The van der Waals surface area contributed by atoms with Crippen LogP contribution < -0.4 is 5.73 Å². The van der Waals surface area contributed by atoms with E-state index in [1.54, 1.807) is 14.2 Å². The average molecular weight is 253 g/mol. The number of rotatable bonds is 7. The minimum Gasteiger partial charge on any atom is -0.480 e. The van der Waals surface area contributed by atoms with Crippen LogP contribution in [0.25, 0.3) is 0 Å². The lowest BCUT2D eigenvalue weighted by Gasteiger charge is -2.13. The van der Waals surface area contributed by atoms with Gasteiger partial charge in [-0.3, -0.25) is 4.79 Å². The molecule has 5 heteroatoms. The van der Waals surface area contributed by atoms with Crippen LogP contribution in [0.4, 0.5) is 0 Å². The molecule has 0 radical (unpaired) electrons. The highest BCUT2D eigenvalue weighted by Crippen LogP contribution is 2.10. The summed E-state index contributed by atoms with van der Waals surface area (Å²) in [5.41, 5.74) is 7.44. The Kier molecular flexibility index (Phi) is 5.77. The maximum atomic E-state index is 10.6. The van der Waals surface area contributed by atoms with Gasteiger partial charge in [0.05, 0.1) is 0 Å². The van der Waals surface area contributed by atoms with Gasteiger partial charge in [-0.1, -0.05) is 24.3 Å². The van der Waals surface area contributed by atoms with E-state index in [2.05, 4.69) is 0 Å². The first-order valence-corrected chi connectivity index (χ1v) is 5.68. The molecule has 0 saturated heterocycles. The molecule has 18 heavy (non-hydrogen) atoms. The average Bonchev–Trinajstić information content (AvgIpc) is 2.37. The van der Waals surface area contributed by atoms with Crippen molar-refractivity contribution in [2.75, 3.05) is 14.2 Å². The van der Waals surface area contributed by atoms with E-state index >= 15 is 0 Å². The van der Waals surface area contributed by atoms with Crippen LogP contribution in [0.5, 0.6) is 0 Å².